The summed E-state index contributed by atoms with van der Waals surface area (Å²) in [7, 11) is -2.76. The van der Waals surface area contributed by atoms with E-state index in [4.69, 9.17) is 10.5 Å². The number of ether oxygens (including phenoxy) is 2. The molecule has 0 atom stereocenters. The van der Waals surface area contributed by atoms with Gasteiger partial charge in [-0.2, -0.15) is 5.10 Å². The van der Waals surface area contributed by atoms with Gasteiger partial charge in [0.1, 0.15) is 25.2 Å². The van der Waals surface area contributed by atoms with Crippen molar-refractivity contribution in [2.75, 3.05) is 13.3 Å². The van der Waals surface area contributed by atoms with Crippen LogP contribution in [0.25, 0.3) is 16.7 Å². The standard InChI is InChI=1S/C17H16F3N4O4P/c1-29(2,26)13-7-8-22-15-14(13)12(9-27-16(21)25)23-24(15)10-3-5-11(6-4-10)28-17(18,19)20/h3-8H,9H2,1-2H3,(H2,21,25). The molecule has 12 heteroatoms. The van der Waals surface area contributed by atoms with Crippen LogP contribution in [0.4, 0.5) is 18.0 Å². The smallest absolute Gasteiger partial charge is 0.443 e. The zero-order valence-corrected chi connectivity index (χ0v) is 16.2. The first-order valence-corrected chi connectivity index (χ1v) is 10.8. The number of nitrogens with two attached hydrogens (primary N) is 1. The minimum absolute atomic E-state index is 0.265. The fourth-order valence-electron chi connectivity index (χ4n) is 2.75. The number of amides is 1. The maximum atomic E-state index is 12.7. The maximum Gasteiger partial charge on any atom is 0.573 e. The van der Waals surface area contributed by atoms with Crippen molar-refractivity contribution in [1.82, 2.24) is 14.8 Å². The Hall–Kier alpha value is -3.07. The van der Waals surface area contributed by atoms with Crippen LogP contribution in [0.2, 0.25) is 0 Å². The van der Waals surface area contributed by atoms with Crippen molar-refractivity contribution in [3.63, 3.8) is 0 Å². The van der Waals surface area contributed by atoms with Gasteiger partial charge in [0.25, 0.3) is 0 Å². The summed E-state index contributed by atoms with van der Waals surface area (Å²) in [4.78, 5) is 15.3. The van der Waals surface area contributed by atoms with E-state index in [0.29, 0.717) is 22.0 Å². The molecule has 2 aromatic heterocycles. The lowest BCUT2D eigenvalue weighted by atomic mass is 10.2. The SMILES string of the molecule is CP(C)(=O)c1ccnc2c1c(COC(N)=O)nn2-c1ccc(OC(F)(F)F)cc1. The summed E-state index contributed by atoms with van der Waals surface area (Å²) in [5.74, 6) is -0.393. The Bertz CT molecular complexity index is 1110. The third-order valence-corrected chi connectivity index (χ3v) is 5.40. The van der Waals surface area contributed by atoms with Crippen molar-refractivity contribution < 1.29 is 32.0 Å². The number of nitrogens with zero attached hydrogens (tertiary/aromatic N) is 3. The number of alkyl halides is 3. The van der Waals surface area contributed by atoms with Gasteiger partial charge in [0, 0.05) is 11.5 Å². The average molecular weight is 428 g/mol. The Labute approximate surface area is 162 Å². The van der Waals surface area contributed by atoms with E-state index in [1.807, 2.05) is 0 Å². The topological polar surface area (TPSA) is 109 Å². The fourth-order valence-corrected chi connectivity index (χ4v) is 3.95. The van der Waals surface area contributed by atoms with Crippen LogP contribution >= 0.6 is 7.14 Å². The summed E-state index contributed by atoms with van der Waals surface area (Å²) >= 11 is 0. The first-order valence-electron chi connectivity index (χ1n) is 8.16. The van der Waals surface area contributed by atoms with Crippen molar-refractivity contribution in [1.29, 1.82) is 0 Å². The maximum absolute atomic E-state index is 12.7. The summed E-state index contributed by atoms with van der Waals surface area (Å²) < 4.78 is 59.8. The second-order valence-corrected chi connectivity index (χ2v) is 9.57. The van der Waals surface area contributed by atoms with Gasteiger partial charge in [-0.25, -0.2) is 14.5 Å². The Kier molecular flexibility index (Phi) is 5.27. The number of hydrogen-bond acceptors (Lipinski definition) is 6. The average Bonchev–Trinajstić information content (AvgIpc) is 2.97. The first-order chi connectivity index (χ1) is 13.5. The predicted molar refractivity (Wildman–Crippen MR) is 99.0 cm³/mol. The molecule has 0 unspecified atom stereocenters. The van der Waals surface area contributed by atoms with Gasteiger partial charge >= 0.3 is 12.5 Å². The van der Waals surface area contributed by atoms with Crippen molar-refractivity contribution in [2.24, 2.45) is 5.73 Å². The minimum atomic E-state index is -4.81. The number of carbonyl (C=O) groups is 1. The van der Waals surface area contributed by atoms with E-state index in [0.717, 1.165) is 12.1 Å². The number of hydrogen-bond donors (Lipinski definition) is 1. The van der Waals surface area contributed by atoms with Gasteiger partial charge in [0.2, 0.25) is 0 Å². The number of carbonyl (C=O) groups excluding carboxylic acids is 1. The van der Waals surface area contributed by atoms with Crippen molar-refractivity contribution >= 4 is 29.6 Å². The van der Waals surface area contributed by atoms with Crippen molar-refractivity contribution in [3.05, 3.63) is 42.2 Å². The number of pyridine rings is 1. The molecular weight excluding hydrogens is 412 g/mol. The van der Waals surface area contributed by atoms with Crippen LogP contribution in [-0.2, 0) is 15.9 Å². The molecule has 0 saturated carbocycles. The summed E-state index contributed by atoms with van der Waals surface area (Å²) in [6.45, 7) is 2.86. The summed E-state index contributed by atoms with van der Waals surface area (Å²) in [6.07, 6.45) is -4.36. The highest BCUT2D eigenvalue weighted by atomic mass is 31.2. The molecule has 0 spiro atoms. The van der Waals surface area contributed by atoms with E-state index >= 15 is 0 Å². The molecule has 0 aliphatic carbocycles. The zero-order valence-electron chi connectivity index (χ0n) is 15.3. The highest BCUT2D eigenvalue weighted by Crippen LogP contribution is 2.38. The molecular formula is C17H16F3N4O4P. The van der Waals surface area contributed by atoms with E-state index < -0.39 is 25.3 Å². The number of benzene rings is 1. The lowest BCUT2D eigenvalue weighted by Crippen LogP contribution is -2.17. The fraction of sp³-hybridized carbons (Fsp3) is 0.235. The molecule has 0 fully saturated rings. The van der Waals surface area contributed by atoms with E-state index in [2.05, 4.69) is 14.8 Å². The first kappa shape index (κ1) is 20.7. The lowest BCUT2D eigenvalue weighted by molar-refractivity contribution is -0.274. The number of fused-ring (bicyclic) bond motifs is 1. The molecule has 1 amide bonds. The molecule has 0 bridgehead atoms. The van der Waals surface area contributed by atoms with Crippen LogP contribution in [0.1, 0.15) is 5.69 Å². The molecule has 0 radical (unpaired) electrons. The molecule has 0 aliphatic rings. The van der Waals surface area contributed by atoms with Crippen molar-refractivity contribution in [3.8, 4) is 11.4 Å². The van der Waals surface area contributed by atoms with E-state index in [1.165, 1.54) is 23.0 Å². The summed E-state index contributed by atoms with van der Waals surface area (Å²) in [5, 5.41) is 5.26. The molecule has 29 heavy (non-hydrogen) atoms. The molecule has 3 rings (SSSR count). The Balaban J connectivity index is 2.13. The van der Waals surface area contributed by atoms with E-state index in [-0.39, 0.29) is 12.3 Å². The molecule has 3 aromatic rings. The van der Waals surface area contributed by atoms with Gasteiger partial charge in [-0.1, -0.05) is 0 Å². The van der Waals surface area contributed by atoms with Gasteiger partial charge in [-0.05, 0) is 43.7 Å². The number of primary amides is 1. The van der Waals surface area contributed by atoms with Gasteiger partial charge in [-0.3, -0.25) is 0 Å². The third-order valence-electron chi connectivity index (χ3n) is 3.87. The number of rotatable bonds is 5. The summed E-state index contributed by atoms with van der Waals surface area (Å²) in [5.41, 5.74) is 5.97. The third kappa shape index (κ3) is 4.68. The molecule has 2 heterocycles. The molecule has 2 N–H and O–H groups in total. The van der Waals surface area contributed by atoms with Crippen LogP contribution in [0.15, 0.2) is 36.5 Å². The van der Waals surface area contributed by atoms with Gasteiger partial charge in [0.15, 0.2) is 5.65 Å². The van der Waals surface area contributed by atoms with Crippen LogP contribution in [0.5, 0.6) is 5.75 Å². The summed E-state index contributed by atoms with van der Waals surface area (Å²) in [6, 6.07) is 6.56. The number of aromatic nitrogens is 3. The highest BCUT2D eigenvalue weighted by Gasteiger charge is 2.31. The Morgan fingerprint density at radius 3 is 2.41 bits per heavy atom. The highest BCUT2D eigenvalue weighted by molar-refractivity contribution is 7.70. The molecule has 0 aliphatic heterocycles. The molecule has 1 aromatic carbocycles. The minimum Gasteiger partial charge on any atom is -0.443 e. The molecule has 8 nitrogen and oxygen atoms in total. The van der Waals surface area contributed by atoms with Gasteiger partial charge < -0.3 is 19.8 Å². The zero-order chi connectivity index (χ0) is 21.4. The van der Waals surface area contributed by atoms with E-state index in [1.54, 1.807) is 19.4 Å². The largest absolute Gasteiger partial charge is 0.573 e. The number of halogens is 3. The van der Waals surface area contributed by atoms with Crippen LogP contribution in [0.3, 0.4) is 0 Å². The predicted octanol–water partition coefficient (Wildman–Crippen LogP) is 3.16. The molecule has 0 saturated heterocycles. The van der Waals surface area contributed by atoms with Crippen LogP contribution < -0.4 is 15.8 Å². The van der Waals surface area contributed by atoms with Crippen LogP contribution in [0, 0.1) is 0 Å². The monoisotopic (exact) mass is 428 g/mol. The van der Waals surface area contributed by atoms with E-state index in [9.17, 15) is 22.5 Å². The Morgan fingerprint density at radius 1 is 1.21 bits per heavy atom. The van der Waals surface area contributed by atoms with Gasteiger partial charge in [-0.15, -0.1) is 13.2 Å². The second-order valence-electron chi connectivity index (χ2n) is 6.39. The normalized spacial score (nSPS) is 12.2. The van der Waals surface area contributed by atoms with Crippen LogP contribution in [-0.4, -0.2) is 40.5 Å². The van der Waals surface area contributed by atoms with Crippen molar-refractivity contribution in [2.45, 2.75) is 13.0 Å². The Morgan fingerprint density at radius 2 is 1.86 bits per heavy atom. The quantitative estimate of drug-likeness (QED) is 0.626. The lowest BCUT2D eigenvalue weighted by Gasteiger charge is -2.10. The van der Waals surface area contributed by atoms with Gasteiger partial charge in [0.05, 0.1) is 11.1 Å². The molecule has 154 valence electrons. The second kappa shape index (κ2) is 7.40.